The summed E-state index contributed by atoms with van der Waals surface area (Å²) in [7, 11) is -0.506. The average molecular weight is 373 g/mol. The van der Waals surface area contributed by atoms with Gasteiger partial charge in [-0.3, -0.25) is 0 Å². The Kier molecular flexibility index (Phi) is 5.02. The minimum Gasteiger partial charge on any atom is -0.337 e. The third kappa shape index (κ3) is 3.89. The highest BCUT2D eigenvalue weighted by Crippen LogP contribution is 2.47. The maximum atomic E-state index is 12.2. The molecular weight excluding hydrogens is 350 g/mol. The van der Waals surface area contributed by atoms with Gasteiger partial charge in [-0.2, -0.15) is 0 Å². The summed E-state index contributed by atoms with van der Waals surface area (Å²) in [5.41, 5.74) is 1.84. The molecule has 2 N–H and O–H groups in total. The summed E-state index contributed by atoms with van der Waals surface area (Å²) >= 11 is 0. The van der Waals surface area contributed by atoms with E-state index in [0.717, 1.165) is 17.1 Å². The lowest BCUT2D eigenvalue weighted by Crippen LogP contribution is -2.35. The largest absolute Gasteiger partial charge is 0.337 e. The van der Waals surface area contributed by atoms with Crippen molar-refractivity contribution in [3.63, 3.8) is 0 Å². The third-order valence-corrected chi connectivity index (χ3v) is 6.55. The highest BCUT2D eigenvalue weighted by atomic mass is 32.2. The minimum atomic E-state index is -3.47. The predicted molar refractivity (Wildman–Crippen MR) is 102 cm³/mol. The van der Waals surface area contributed by atoms with E-state index in [-0.39, 0.29) is 16.3 Å². The summed E-state index contributed by atoms with van der Waals surface area (Å²) in [4.78, 5) is 12.3. The standard InChI is InChI=1S/C19H23N3O3S/c1-22(2)26(24,25)17-10-8-16(9-11-17)21-18(23)20-14-19(12-13-19)15-6-4-3-5-7-15/h3-11H,12-14H2,1-2H3,(H2,20,21,23). The summed E-state index contributed by atoms with van der Waals surface area (Å²) in [6.07, 6.45) is 2.13. The number of carbonyl (C=O) groups is 1. The van der Waals surface area contributed by atoms with E-state index in [0.29, 0.717) is 12.2 Å². The second-order valence-corrected chi connectivity index (χ2v) is 8.92. The first-order chi connectivity index (χ1) is 12.3. The van der Waals surface area contributed by atoms with Crippen LogP contribution >= 0.6 is 0 Å². The van der Waals surface area contributed by atoms with Crippen LogP contribution in [0.2, 0.25) is 0 Å². The van der Waals surface area contributed by atoms with Gasteiger partial charge in [0.1, 0.15) is 0 Å². The van der Waals surface area contributed by atoms with Crippen molar-refractivity contribution in [2.24, 2.45) is 0 Å². The zero-order valence-electron chi connectivity index (χ0n) is 14.9. The van der Waals surface area contributed by atoms with E-state index in [9.17, 15) is 13.2 Å². The molecule has 138 valence electrons. The van der Waals surface area contributed by atoms with Gasteiger partial charge in [-0.1, -0.05) is 30.3 Å². The second-order valence-electron chi connectivity index (χ2n) is 6.77. The normalized spacial score (nSPS) is 15.5. The number of sulfonamides is 1. The topological polar surface area (TPSA) is 78.5 Å². The average Bonchev–Trinajstić information content (AvgIpc) is 3.42. The summed E-state index contributed by atoms with van der Waals surface area (Å²) in [5, 5.41) is 5.66. The molecule has 1 saturated carbocycles. The molecule has 0 saturated heterocycles. The van der Waals surface area contributed by atoms with E-state index in [2.05, 4.69) is 22.8 Å². The Morgan fingerprint density at radius 1 is 1.04 bits per heavy atom. The first kappa shape index (κ1) is 18.4. The van der Waals surface area contributed by atoms with Crippen molar-refractivity contribution in [1.82, 2.24) is 9.62 Å². The summed E-state index contributed by atoms with van der Waals surface area (Å²) < 4.78 is 25.2. The number of anilines is 1. The Balaban J connectivity index is 1.57. The molecule has 6 nitrogen and oxygen atoms in total. The van der Waals surface area contributed by atoms with Gasteiger partial charge in [0, 0.05) is 31.7 Å². The van der Waals surface area contributed by atoms with Crippen molar-refractivity contribution >= 4 is 21.7 Å². The Bertz CT molecular complexity index is 874. The zero-order chi connectivity index (χ0) is 18.8. The number of rotatable bonds is 6. The summed E-state index contributed by atoms with van der Waals surface area (Å²) in [6.45, 7) is 0.579. The fourth-order valence-corrected chi connectivity index (χ4v) is 3.76. The molecule has 0 bridgehead atoms. The van der Waals surface area contributed by atoms with Gasteiger partial charge < -0.3 is 10.6 Å². The first-order valence-electron chi connectivity index (χ1n) is 8.46. The molecular formula is C19H23N3O3S. The Hall–Kier alpha value is -2.38. The van der Waals surface area contributed by atoms with Gasteiger partial charge in [0.2, 0.25) is 10.0 Å². The highest BCUT2D eigenvalue weighted by Gasteiger charge is 2.44. The van der Waals surface area contributed by atoms with Crippen LogP contribution in [-0.4, -0.2) is 39.4 Å². The molecule has 0 unspecified atom stereocenters. The molecule has 0 spiro atoms. The molecule has 0 heterocycles. The van der Waals surface area contributed by atoms with Crippen LogP contribution in [-0.2, 0) is 15.4 Å². The maximum absolute atomic E-state index is 12.2. The first-order valence-corrected chi connectivity index (χ1v) is 9.90. The van der Waals surface area contributed by atoms with E-state index in [4.69, 9.17) is 0 Å². The molecule has 7 heteroatoms. The molecule has 0 radical (unpaired) electrons. The maximum Gasteiger partial charge on any atom is 0.319 e. The van der Waals surface area contributed by atoms with Gasteiger partial charge in [-0.25, -0.2) is 17.5 Å². The van der Waals surface area contributed by atoms with Crippen molar-refractivity contribution in [2.75, 3.05) is 26.0 Å². The van der Waals surface area contributed by atoms with Crippen molar-refractivity contribution in [3.8, 4) is 0 Å². The van der Waals surface area contributed by atoms with Crippen LogP contribution in [0.15, 0.2) is 59.5 Å². The van der Waals surface area contributed by atoms with E-state index in [1.807, 2.05) is 18.2 Å². The molecule has 1 aliphatic carbocycles. The number of nitrogens with zero attached hydrogens (tertiary/aromatic N) is 1. The number of hydrogen-bond acceptors (Lipinski definition) is 3. The van der Waals surface area contributed by atoms with Gasteiger partial charge >= 0.3 is 6.03 Å². The molecule has 1 aliphatic rings. The van der Waals surface area contributed by atoms with Crippen molar-refractivity contribution in [3.05, 3.63) is 60.2 Å². The predicted octanol–water partition coefficient (Wildman–Crippen LogP) is 2.79. The molecule has 2 aromatic carbocycles. The third-order valence-electron chi connectivity index (χ3n) is 4.72. The van der Waals surface area contributed by atoms with Gasteiger partial charge in [0.15, 0.2) is 0 Å². The Morgan fingerprint density at radius 2 is 1.65 bits per heavy atom. The summed E-state index contributed by atoms with van der Waals surface area (Å²) in [5.74, 6) is 0. The molecule has 1 fully saturated rings. The lowest BCUT2D eigenvalue weighted by atomic mass is 9.96. The smallest absolute Gasteiger partial charge is 0.319 e. The summed E-state index contributed by atoms with van der Waals surface area (Å²) in [6, 6.07) is 16.0. The second kappa shape index (κ2) is 7.09. The number of carbonyl (C=O) groups excluding carboxylic acids is 1. The van der Waals surface area contributed by atoms with Crippen molar-refractivity contribution in [1.29, 1.82) is 0 Å². The molecule has 0 aliphatic heterocycles. The van der Waals surface area contributed by atoms with Gasteiger partial charge in [0.05, 0.1) is 4.90 Å². The minimum absolute atomic E-state index is 0.0439. The molecule has 3 rings (SSSR count). The molecule has 0 aromatic heterocycles. The van der Waals surface area contributed by atoms with Crippen LogP contribution in [0.1, 0.15) is 18.4 Å². The number of amides is 2. The highest BCUT2D eigenvalue weighted by molar-refractivity contribution is 7.89. The van der Waals surface area contributed by atoms with Gasteiger partial charge in [0.25, 0.3) is 0 Å². The van der Waals surface area contributed by atoms with Crippen LogP contribution in [0.25, 0.3) is 0 Å². The number of benzene rings is 2. The van der Waals surface area contributed by atoms with Crippen molar-refractivity contribution < 1.29 is 13.2 Å². The van der Waals surface area contributed by atoms with Crippen molar-refractivity contribution in [2.45, 2.75) is 23.2 Å². The molecule has 2 amide bonds. The number of nitrogens with one attached hydrogen (secondary N) is 2. The monoisotopic (exact) mass is 373 g/mol. The van der Waals surface area contributed by atoms with Crippen LogP contribution < -0.4 is 10.6 Å². The fourth-order valence-electron chi connectivity index (χ4n) is 2.86. The SMILES string of the molecule is CN(C)S(=O)(=O)c1ccc(NC(=O)NCC2(c3ccccc3)CC2)cc1. The lowest BCUT2D eigenvalue weighted by molar-refractivity contribution is 0.251. The van der Waals surface area contributed by atoms with Gasteiger partial charge in [-0.15, -0.1) is 0 Å². The molecule has 26 heavy (non-hydrogen) atoms. The van der Waals surface area contributed by atoms with Gasteiger partial charge in [-0.05, 0) is 42.7 Å². The number of hydrogen-bond donors (Lipinski definition) is 2. The van der Waals surface area contributed by atoms with Crippen LogP contribution in [0.5, 0.6) is 0 Å². The van der Waals surface area contributed by atoms with E-state index in [1.165, 1.54) is 31.8 Å². The fraction of sp³-hybridized carbons (Fsp3) is 0.316. The quantitative estimate of drug-likeness (QED) is 0.817. The number of urea groups is 1. The molecule has 0 atom stereocenters. The zero-order valence-corrected chi connectivity index (χ0v) is 15.7. The Labute approximate surface area is 154 Å². The lowest BCUT2D eigenvalue weighted by Gasteiger charge is -2.17. The van der Waals surface area contributed by atoms with Crippen LogP contribution in [0.3, 0.4) is 0 Å². The van der Waals surface area contributed by atoms with E-state index < -0.39 is 10.0 Å². The van der Waals surface area contributed by atoms with E-state index in [1.54, 1.807) is 12.1 Å². The Morgan fingerprint density at radius 3 is 2.19 bits per heavy atom. The van der Waals surface area contributed by atoms with Crippen LogP contribution in [0, 0.1) is 0 Å². The van der Waals surface area contributed by atoms with Crippen LogP contribution in [0.4, 0.5) is 10.5 Å². The van der Waals surface area contributed by atoms with E-state index >= 15 is 0 Å². The molecule has 2 aromatic rings.